The average Bonchev–Trinajstić information content (AvgIpc) is 3.68. The molecule has 7 rings (SSSR count). The van der Waals surface area contributed by atoms with E-state index >= 15 is 0 Å². The summed E-state index contributed by atoms with van der Waals surface area (Å²) in [6.45, 7) is 33.6. The summed E-state index contributed by atoms with van der Waals surface area (Å²) in [4.78, 5) is 12.4. The van der Waals surface area contributed by atoms with Crippen LogP contribution in [0.2, 0.25) is 6.82 Å². The number of nitrogens with zero attached hydrogens (tertiary/aromatic N) is 1. The van der Waals surface area contributed by atoms with Gasteiger partial charge in [-0.3, -0.25) is 4.79 Å². The van der Waals surface area contributed by atoms with Gasteiger partial charge in [0.1, 0.15) is 12.5 Å². The standard InChI is InChI=1S/C10H19BN2O.C6H11N.2C5H9N.C4H2F4O2.C4H5NOS.6C2H6/c1-11(14)13-8-4-10(5-9-13)2-6-12-7-3-10;1-2-4-6-7-5-3-1;2*1-2-4-6-5-3-1;5-3(6)4(7,8)10-2-1-9-3;6-4-3-7-2-1-5-4;6*1-2/h2,6,12,14H,3-5,7-9H2,1H3;3,5,7H,1-2,4,6H2;2,4,6H,1,3,5H2;1-2,6H,3-5H2;1-2H;1-2H,3H2,(H,5,6);6*1-2H3. The molecule has 0 unspecified atom stereocenters. The van der Waals surface area contributed by atoms with Crippen LogP contribution in [0.3, 0.4) is 0 Å². The Morgan fingerprint density at radius 3 is 1.47 bits per heavy atom. The summed E-state index contributed by atoms with van der Waals surface area (Å²) < 4.78 is 53.9. The van der Waals surface area contributed by atoms with E-state index in [0.717, 1.165) is 45.8 Å². The monoisotopic (exact) mass is 911 g/mol. The highest BCUT2D eigenvalue weighted by atomic mass is 32.2. The fourth-order valence-electron chi connectivity index (χ4n) is 5.07. The fraction of sp³-hybridized carbons (Fsp3) is 0.717. The summed E-state index contributed by atoms with van der Waals surface area (Å²) in [5.74, 6) is 0.656. The zero-order valence-electron chi connectivity index (χ0n) is 41.1. The Hall–Kier alpha value is -3.08. The van der Waals surface area contributed by atoms with E-state index in [1.54, 1.807) is 6.20 Å². The van der Waals surface area contributed by atoms with Crippen LogP contribution >= 0.6 is 11.8 Å². The van der Waals surface area contributed by atoms with Gasteiger partial charge in [-0.05, 0) is 114 Å². The Kier molecular flexibility index (Phi) is 55.5. The van der Waals surface area contributed by atoms with Crippen LogP contribution in [-0.4, -0.2) is 86.6 Å². The topological polar surface area (TPSA) is 119 Å². The maximum Gasteiger partial charge on any atom is 0.507 e. The van der Waals surface area contributed by atoms with Crippen molar-refractivity contribution in [3.63, 3.8) is 0 Å². The number of alkyl halides is 4. The number of nitrogens with one attached hydrogen (secondary N) is 5. The van der Waals surface area contributed by atoms with Gasteiger partial charge in [0.2, 0.25) is 5.91 Å². The second-order valence-corrected chi connectivity index (χ2v) is 13.0. The Balaban J connectivity index is -0.000000204. The summed E-state index contributed by atoms with van der Waals surface area (Å²) in [6, 6.07) is 0. The SMILES string of the molecule is C1=CCNCC1.C1=CNCCC1.C1=CNCCCC1.CB(O)N1CCC2(C=CNCC2)CC1.CC.CC.CC.CC.CC.CC.FC1(F)OC=COC1(F)F.O=C1CSC=CN1. The van der Waals surface area contributed by atoms with Gasteiger partial charge in [0, 0.05) is 32.4 Å². The Labute approximate surface area is 381 Å². The van der Waals surface area contributed by atoms with Crippen LogP contribution in [0.25, 0.3) is 0 Å². The highest BCUT2D eigenvalue weighted by Gasteiger charge is 2.63. The van der Waals surface area contributed by atoms with E-state index in [2.05, 4.69) is 77.4 Å². The van der Waals surface area contributed by atoms with Crippen molar-refractivity contribution in [2.75, 3.05) is 51.6 Å². The third-order valence-electron chi connectivity index (χ3n) is 8.12. The molecule has 1 saturated heterocycles. The van der Waals surface area contributed by atoms with Gasteiger partial charge in [0.25, 0.3) is 0 Å². The van der Waals surface area contributed by atoms with Gasteiger partial charge in [-0.25, -0.2) is 0 Å². The third kappa shape index (κ3) is 38.6. The Bertz CT molecular complexity index is 1070. The molecule has 0 aromatic heterocycles. The minimum absolute atomic E-state index is 0.0903. The van der Waals surface area contributed by atoms with Gasteiger partial charge in [-0.1, -0.05) is 113 Å². The molecule has 7 heterocycles. The lowest BCUT2D eigenvalue weighted by atomic mass is 9.71. The number of carbonyl (C=O) groups is 1. The molecule has 1 fully saturated rings. The molecule has 1 spiro atoms. The van der Waals surface area contributed by atoms with Crippen LogP contribution in [0.4, 0.5) is 17.6 Å². The molecule has 7 aliphatic heterocycles. The van der Waals surface area contributed by atoms with E-state index in [1.165, 1.54) is 69.5 Å². The average molecular weight is 911 g/mol. The number of rotatable bonds is 1. The number of hydrogen-bond donors (Lipinski definition) is 6. The molecule has 0 saturated carbocycles. The van der Waals surface area contributed by atoms with Gasteiger partial charge in [0.15, 0.2) is 0 Å². The van der Waals surface area contributed by atoms with E-state index < -0.39 is 12.2 Å². The van der Waals surface area contributed by atoms with E-state index in [1.807, 2.05) is 108 Å². The van der Waals surface area contributed by atoms with Crippen LogP contribution in [0.5, 0.6) is 0 Å². The number of hydrogen-bond acceptors (Lipinski definition) is 10. The van der Waals surface area contributed by atoms with E-state index in [-0.39, 0.29) is 13.0 Å². The van der Waals surface area contributed by atoms with Gasteiger partial charge < -0.3 is 45.9 Å². The maximum atomic E-state index is 11.8. The number of carbonyl (C=O) groups excluding carboxylic acids is 1. The van der Waals surface area contributed by atoms with Crippen molar-refractivity contribution in [2.24, 2.45) is 5.41 Å². The molecule has 6 N–H and O–H groups in total. The lowest BCUT2D eigenvalue weighted by Crippen LogP contribution is -2.47. The first kappa shape index (κ1) is 68.0. The van der Waals surface area contributed by atoms with E-state index in [9.17, 15) is 27.4 Å². The lowest BCUT2D eigenvalue weighted by Gasteiger charge is -2.42. The van der Waals surface area contributed by atoms with Gasteiger partial charge in [-0.15, -0.1) is 11.8 Å². The van der Waals surface area contributed by atoms with Crippen molar-refractivity contribution in [3.8, 4) is 0 Å². The summed E-state index contributed by atoms with van der Waals surface area (Å²) >= 11 is 1.51. The fourth-order valence-corrected chi connectivity index (χ4v) is 5.57. The van der Waals surface area contributed by atoms with Crippen molar-refractivity contribution in [1.82, 2.24) is 31.4 Å². The Morgan fingerprint density at radius 2 is 1.16 bits per heavy atom. The van der Waals surface area contributed by atoms with Crippen LogP contribution in [0.15, 0.2) is 73.1 Å². The summed E-state index contributed by atoms with van der Waals surface area (Å²) in [7, 11) is -0.280. The van der Waals surface area contributed by atoms with Crippen LogP contribution < -0.4 is 26.6 Å². The number of amides is 1. The molecule has 0 radical (unpaired) electrons. The molecule has 16 heteroatoms. The van der Waals surface area contributed by atoms with Gasteiger partial charge in [-0.2, -0.15) is 17.6 Å². The molecule has 0 aromatic rings. The highest BCUT2D eigenvalue weighted by molar-refractivity contribution is 8.02. The number of halogens is 4. The number of piperidine rings is 1. The largest absolute Gasteiger partial charge is 0.507 e. The number of thioether (sulfide) groups is 1. The minimum atomic E-state index is -4.57. The van der Waals surface area contributed by atoms with E-state index in [4.69, 9.17) is 0 Å². The summed E-state index contributed by atoms with van der Waals surface area (Å²) in [5.41, 5.74) is 0.427. The Morgan fingerprint density at radius 1 is 0.645 bits per heavy atom. The minimum Gasteiger partial charge on any atom is -0.437 e. The van der Waals surface area contributed by atoms with Gasteiger partial charge >= 0.3 is 19.3 Å². The summed E-state index contributed by atoms with van der Waals surface area (Å²) in [6.07, 6.45) is 21.8. The van der Waals surface area contributed by atoms with Crippen LogP contribution in [-0.2, 0) is 14.3 Å². The first-order chi connectivity index (χ1) is 30.1. The zero-order chi connectivity index (χ0) is 48.4. The molecule has 0 atom stereocenters. The van der Waals surface area contributed by atoms with Crippen molar-refractivity contribution < 1.29 is 36.9 Å². The number of allylic oxidation sites excluding steroid dienone is 3. The van der Waals surface area contributed by atoms with Crippen molar-refractivity contribution in [3.05, 3.63) is 73.1 Å². The molecule has 7 aliphatic rings. The van der Waals surface area contributed by atoms with E-state index in [0.29, 0.717) is 23.7 Å². The van der Waals surface area contributed by atoms with Crippen molar-refractivity contribution in [2.45, 2.75) is 160 Å². The molecular weight excluding hydrogens is 819 g/mol. The predicted octanol–water partition coefficient (Wildman–Crippen LogP) is 11.5. The molecule has 62 heavy (non-hydrogen) atoms. The molecule has 0 aromatic carbocycles. The molecule has 1 amide bonds. The summed E-state index contributed by atoms with van der Waals surface area (Å²) in [5, 5.41) is 26.6. The first-order valence-corrected chi connectivity index (χ1v) is 24.4. The molecule has 10 nitrogen and oxygen atoms in total. The third-order valence-corrected chi connectivity index (χ3v) is 8.87. The van der Waals surface area contributed by atoms with Gasteiger partial charge in [0.05, 0.1) is 5.75 Å². The molecule has 0 aliphatic carbocycles. The van der Waals surface area contributed by atoms with Crippen LogP contribution in [0, 0.1) is 5.41 Å². The van der Waals surface area contributed by atoms with Crippen molar-refractivity contribution >= 4 is 24.7 Å². The highest BCUT2D eigenvalue weighted by Crippen LogP contribution is 2.39. The first-order valence-electron chi connectivity index (χ1n) is 23.3. The quantitative estimate of drug-likeness (QED) is 0.0862. The number of ether oxygens (including phenoxy) is 2. The van der Waals surface area contributed by atoms with Crippen LogP contribution in [0.1, 0.15) is 141 Å². The zero-order valence-corrected chi connectivity index (χ0v) is 41.9. The molecule has 366 valence electrons. The normalized spacial score (nSPS) is 19.3. The molecule has 0 bridgehead atoms. The predicted molar refractivity (Wildman–Crippen MR) is 262 cm³/mol. The molecular formula is C46H91BF4N6O4S. The second-order valence-electron chi connectivity index (χ2n) is 12.1. The smallest absolute Gasteiger partial charge is 0.437 e. The maximum absolute atomic E-state index is 11.8. The second kappa shape index (κ2) is 50.6. The van der Waals surface area contributed by atoms with Crippen molar-refractivity contribution in [1.29, 1.82) is 0 Å². The lowest BCUT2D eigenvalue weighted by molar-refractivity contribution is -0.417.